The Morgan fingerprint density at radius 1 is 1.18 bits per heavy atom. The number of hydrogen-bond acceptors (Lipinski definition) is 8. The van der Waals surface area contributed by atoms with Gasteiger partial charge in [0.1, 0.15) is 12.5 Å². The number of methoxy groups -OCH3 is 1. The van der Waals surface area contributed by atoms with Crippen molar-refractivity contribution in [3.63, 3.8) is 0 Å². The van der Waals surface area contributed by atoms with E-state index in [4.69, 9.17) is 18.9 Å². The van der Waals surface area contributed by atoms with Crippen LogP contribution in [0, 0.1) is 31.6 Å². The van der Waals surface area contributed by atoms with Gasteiger partial charge < -0.3 is 24.3 Å². The van der Waals surface area contributed by atoms with Crippen molar-refractivity contribution < 1.29 is 41.7 Å². The van der Waals surface area contributed by atoms with Gasteiger partial charge in [-0.3, -0.25) is 14.5 Å². The molecule has 3 rings (SSSR count). The van der Waals surface area contributed by atoms with Crippen LogP contribution in [0.4, 0.5) is 18.9 Å². The lowest BCUT2D eigenvalue weighted by Crippen LogP contribution is -2.38. The summed E-state index contributed by atoms with van der Waals surface area (Å²) >= 11 is 0. The summed E-state index contributed by atoms with van der Waals surface area (Å²) in [4.78, 5) is 27.0. The van der Waals surface area contributed by atoms with Gasteiger partial charge >= 0.3 is 12.1 Å². The van der Waals surface area contributed by atoms with Crippen molar-refractivity contribution in [2.24, 2.45) is 17.8 Å². The summed E-state index contributed by atoms with van der Waals surface area (Å²) in [5, 5.41) is 3.13. The van der Waals surface area contributed by atoms with E-state index in [1.807, 2.05) is 32.0 Å². The molecule has 1 heterocycles. The topological polar surface area (TPSA) is 86.3 Å². The minimum Gasteiger partial charge on any atom is -0.501 e. The number of esters is 1. The summed E-state index contributed by atoms with van der Waals surface area (Å²) in [6.07, 6.45) is -2.86. The van der Waals surface area contributed by atoms with Crippen LogP contribution in [-0.4, -0.2) is 88.6 Å². The Kier molecular flexibility index (Phi) is 11.6. The Morgan fingerprint density at radius 3 is 2.59 bits per heavy atom. The highest BCUT2D eigenvalue weighted by Gasteiger charge is 2.60. The number of alkyl halides is 3. The number of allylic oxidation sites excluding steroid dienone is 1. The SMILES string of the molecule is COC1C(C(F)(F)F)C(=O)[C@H](CNc2ccc(C)c(C)c2)[C@H]1C/C=C\OCCC(=O)OCCN1CCOCC1. The van der Waals surface area contributed by atoms with Gasteiger partial charge in [0.2, 0.25) is 0 Å². The van der Waals surface area contributed by atoms with E-state index in [1.54, 1.807) is 6.08 Å². The predicted octanol–water partition coefficient (Wildman–Crippen LogP) is 3.91. The second-order valence-electron chi connectivity index (χ2n) is 9.98. The van der Waals surface area contributed by atoms with Gasteiger partial charge in [0.25, 0.3) is 0 Å². The molecule has 0 aromatic heterocycles. The number of hydrogen-bond donors (Lipinski definition) is 1. The van der Waals surface area contributed by atoms with Crippen molar-refractivity contribution in [1.82, 2.24) is 4.90 Å². The Bertz CT molecular complexity index is 981. The number of ketones is 1. The molecule has 1 N–H and O–H groups in total. The monoisotopic (exact) mass is 556 g/mol. The molecule has 2 fully saturated rings. The summed E-state index contributed by atoms with van der Waals surface area (Å²) in [5.41, 5.74) is 2.88. The summed E-state index contributed by atoms with van der Waals surface area (Å²) in [6, 6.07) is 5.66. The molecule has 1 aromatic carbocycles. The Morgan fingerprint density at radius 2 is 1.92 bits per heavy atom. The zero-order valence-electron chi connectivity index (χ0n) is 22.8. The van der Waals surface area contributed by atoms with Crippen molar-refractivity contribution in [3.05, 3.63) is 41.7 Å². The Labute approximate surface area is 227 Å². The zero-order chi connectivity index (χ0) is 28.4. The van der Waals surface area contributed by atoms with Gasteiger partial charge in [-0.05, 0) is 49.6 Å². The lowest BCUT2D eigenvalue weighted by Gasteiger charge is -2.26. The standard InChI is InChI=1S/C28H39F3N2O6/c1-19-6-7-21(17-20(19)2)32-18-23-22(27(36-3)25(26(23)35)28(29,30)31)5-4-12-37-13-8-24(34)39-16-11-33-9-14-38-15-10-33/h4,6-7,12,17,22-23,25,27,32H,5,8-11,13-16,18H2,1-3H3/b12-4-/t22-,23-,25?,27?/m1/s1. The number of carbonyl (C=O) groups is 2. The fraction of sp³-hybridized carbons (Fsp3) is 0.643. The zero-order valence-corrected chi connectivity index (χ0v) is 22.8. The predicted molar refractivity (Wildman–Crippen MR) is 139 cm³/mol. The van der Waals surface area contributed by atoms with E-state index in [2.05, 4.69) is 10.2 Å². The van der Waals surface area contributed by atoms with E-state index < -0.39 is 35.8 Å². The molecule has 1 aromatic rings. The fourth-order valence-electron chi connectivity index (χ4n) is 5.04. The first-order valence-electron chi connectivity index (χ1n) is 13.3. The van der Waals surface area contributed by atoms with E-state index in [1.165, 1.54) is 13.4 Å². The van der Waals surface area contributed by atoms with E-state index in [9.17, 15) is 22.8 Å². The van der Waals surface area contributed by atoms with Gasteiger partial charge in [-0.15, -0.1) is 0 Å². The number of rotatable bonds is 13. The number of aryl methyl sites for hydroxylation is 2. The molecule has 0 amide bonds. The van der Waals surface area contributed by atoms with Gasteiger partial charge in [0, 0.05) is 50.8 Å². The molecule has 1 aliphatic heterocycles. The van der Waals surface area contributed by atoms with Crippen LogP contribution in [0.2, 0.25) is 0 Å². The molecule has 8 nitrogen and oxygen atoms in total. The van der Waals surface area contributed by atoms with Crippen molar-refractivity contribution in [3.8, 4) is 0 Å². The van der Waals surface area contributed by atoms with Gasteiger partial charge in [-0.2, -0.15) is 13.2 Å². The van der Waals surface area contributed by atoms with Crippen molar-refractivity contribution in [2.75, 3.05) is 65.0 Å². The molecular formula is C28H39F3N2O6. The maximum Gasteiger partial charge on any atom is 0.401 e. The van der Waals surface area contributed by atoms with E-state index in [0.29, 0.717) is 26.4 Å². The average Bonchev–Trinajstić information content (AvgIpc) is 3.18. The van der Waals surface area contributed by atoms with Crippen LogP contribution in [0.15, 0.2) is 30.5 Å². The summed E-state index contributed by atoms with van der Waals surface area (Å²) in [6.45, 7) is 7.97. The number of halogens is 3. The molecule has 2 aliphatic rings. The van der Waals surface area contributed by atoms with Gasteiger partial charge in [0.15, 0.2) is 5.78 Å². The van der Waals surface area contributed by atoms with Crippen LogP contribution in [-0.2, 0) is 28.5 Å². The highest BCUT2D eigenvalue weighted by Crippen LogP contribution is 2.45. The lowest BCUT2D eigenvalue weighted by atomic mass is 9.90. The molecule has 11 heteroatoms. The van der Waals surface area contributed by atoms with Gasteiger partial charge in [-0.1, -0.05) is 6.07 Å². The maximum atomic E-state index is 13.8. The van der Waals surface area contributed by atoms with Crippen LogP contribution in [0.1, 0.15) is 24.0 Å². The molecule has 39 heavy (non-hydrogen) atoms. The highest BCUT2D eigenvalue weighted by atomic mass is 19.4. The molecule has 2 unspecified atom stereocenters. The van der Waals surface area contributed by atoms with Crippen molar-refractivity contribution in [2.45, 2.75) is 39.0 Å². The number of Topliss-reactive ketones (excluding diaryl/α,β-unsaturated/α-hetero) is 1. The summed E-state index contributed by atoms with van der Waals surface area (Å²) < 4.78 is 62.5. The lowest BCUT2D eigenvalue weighted by molar-refractivity contribution is -0.199. The molecule has 4 atom stereocenters. The number of anilines is 1. The number of morpholine rings is 1. The number of carbonyl (C=O) groups excluding carboxylic acids is 2. The Balaban J connectivity index is 1.50. The van der Waals surface area contributed by atoms with Crippen LogP contribution >= 0.6 is 0 Å². The van der Waals surface area contributed by atoms with Crippen LogP contribution < -0.4 is 5.32 Å². The minimum atomic E-state index is -4.70. The van der Waals surface area contributed by atoms with E-state index in [0.717, 1.165) is 29.9 Å². The second-order valence-corrected chi connectivity index (χ2v) is 9.98. The maximum absolute atomic E-state index is 13.8. The van der Waals surface area contributed by atoms with Crippen molar-refractivity contribution >= 4 is 17.4 Å². The number of ether oxygens (including phenoxy) is 4. The largest absolute Gasteiger partial charge is 0.501 e. The molecule has 0 spiro atoms. The Hall–Kier alpha value is -2.63. The third-order valence-corrected chi connectivity index (χ3v) is 7.40. The molecule has 1 aliphatic carbocycles. The van der Waals surface area contributed by atoms with Crippen molar-refractivity contribution in [1.29, 1.82) is 0 Å². The number of benzene rings is 1. The third kappa shape index (κ3) is 8.94. The van der Waals surface area contributed by atoms with E-state index >= 15 is 0 Å². The van der Waals surface area contributed by atoms with Crippen LogP contribution in [0.3, 0.4) is 0 Å². The molecule has 0 radical (unpaired) electrons. The summed E-state index contributed by atoms with van der Waals surface area (Å²) in [5.74, 6) is -5.03. The minimum absolute atomic E-state index is 0.0503. The first kappa shape index (κ1) is 30.9. The normalized spacial score (nSPS) is 24.3. The molecule has 0 bridgehead atoms. The third-order valence-electron chi connectivity index (χ3n) is 7.40. The van der Waals surface area contributed by atoms with Crippen LogP contribution in [0.5, 0.6) is 0 Å². The quantitative estimate of drug-likeness (QED) is 0.222. The number of nitrogens with one attached hydrogen (secondary N) is 1. The van der Waals surface area contributed by atoms with Crippen LogP contribution in [0.25, 0.3) is 0 Å². The molecule has 1 saturated heterocycles. The fourth-order valence-corrected chi connectivity index (χ4v) is 5.04. The second kappa shape index (κ2) is 14.7. The molecular weight excluding hydrogens is 517 g/mol. The molecule has 218 valence electrons. The first-order valence-corrected chi connectivity index (χ1v) is 13.3. The highest BCUT2D eigenvalue weighted by molar-refractivity contribution is 5.88. The smallest absolute Gasteiger partial charge is 0.401 e. The van der Waals surface area contributed by atoms with Gasteiger partial charge in [-0.25, -0.2) is 0 Å². The summed E-state index contributed by atoms with van der Waals surface area (Å²) in [7, 11) is 1.20. The molecule has 1 saturated carbocycles. The average molecular weight is 557 g/mol. The number of nitrogens with zero attached hydrogens (tertiary/aromatic N) is 1. The van der Waals surface area contributed by atoms with Gasteiger partial charge in [0.05, 0.1) is 38.6 Å². The van der Waals surface area contributed by atoms with E-state index in [-0.39, 0.29) is 32.0 Å². The first-order chi connectivity index (χ1) is 18.6.